The predicted molar refractivity (Wildman–Crippen MR) is 41.9 cm³/mol. The zero-order chi connectivity index (χ0) is 10.4. The van der Waals surface area contributed by atoms with E-state index in [1.54, 1.807) is 0 Å². The highest BCUT2D eigenvalue weighted by Crippen LogP contribution is 1.91. The van der Waals surface area contributed by atoms with Crippen molar-refractivity contribution >= 4 is 17.7 Å². The SMILES string of the molecule is CC(=O)OCC(=O)C[C@H](N)C(=O)O. The van der Waals surface area contributed by atoms with Crippen LogP contribution in [0.1, 0.15) is 13.3 Å². The van der Waals surface area contributed by atoms with Gasteiger partial charge >= 0.3 is 11.9 Å². The van der Waals surface area contributed by atoms with Crippen LogP contribution >= 0.6 is 0 Å². The fraction of sp³-hybridized carbons (Fsp3) is 0.571. The lowest BCUT2D eigenvalue weighted by Crippen LogP contribution is -2.33. The maximum absolute atomic E-state index is 10.8. The maximum atomic E-state index is 10.8. The van der Waals surface area contributed by atoms with E-state index in [1.807, 2.05) is 0 Å². The Morgan fingerprint density at radius 3 is 2.38 bits per heavy atom. The molecule has 0 aromatic heterocycles. The lowest BCUT2D eigenvalue weighted by atomic mass is 10.1. The van der Waals surface area contributed by atoms with Gasteiger partial charge in [-0.2, -0.15) is 0 Å². The van der Waals surface area contributed by atoms with Gasteiger partial charge in [0, 0.05) is 13.3 Å². The molecule has 0 aliphatic rings. The average Bonchev–Trinajstić information content (AvgIpc) is 2.00. The molecule has 0 bridgehead atoms. The van der Waals surface area contributed by atoms with Crippen LogP contribution in [0.5, 0.6) is 0 Å². The van der Waals surface area contributed by atoms with Gasteiger partial charge in [0.25, 0.3) is 0 Å². The number of rotatable bonds is 5. The summed E-state index contributed by atoms with van der Waals surface area (Å²) in [5.41, 5.74) is 5.06. The average molecular weight is 189 g/mol. The van der Waals surface area contributed by atoms with Gasteiger partial charge in [-0.1, -0.05) is 0 Å². The highest BCUT2D eigenvalue weighted by molar-refractivity contribution is 5.87. The molecule has 13 heavy (non-hydrogen) atoms. The minimum atomic E-state index is -1.25. The second-order valence-electron chi connectivity index (χ2n) is 2.47. The molecule has 3 N–H and O–H groups in total. The summed E-state index contributed by atoms with van der Waals surface area (Å²) in [6.07, 6.45) is -0.331. The summed E-state index contributed by atoms with van der Waals surface area (Å²) in [6.45, 7) is 0.737. The molecule has 0 aliphatic carbocycles. The molecule has 0 heterocycles. The van der Waals surface area contributed by atoms with Crippen molar-refractivity contribution in [2.75, 3.05) is 6.61 Å². The molecule has 0 fully saturated rings. The van der Waals surface area contributed by atoms with Crippen molar-refractivity contribution in [2.24, 2.45) is 5.73 Å². The molecule has 0 saturated heterocycles. The lowest BCUT2D eigenvalue weighted by molar-refractivity contribution is -0.146. The smallest absolute Gasteiger partial charge is 0.320 e. The highest BCUT2D eigenvalue weighted by atomic mass is 16.5. The zero-order valence-corrected chi connectivity index (χ0v) is 7.15. The molecular weight excluding hydrogens is 178 g/mol. The van der Waals surface area contributed by atoms with Crippen LogP contribution in [0.3, 0.4) is 0 Å². The number of hydrogen-bond acceptors (Lipinski definition) is 5. The van der Waals surface area contributed by atoms with Gasteiger partial charge < -0.3 is 15.6 Å². The molecule has 0 amide bonds. The number of aliphatic carboxylic acids is 1. The van der Waals surface area contributed by atoms with E-state index in [-0.39, 0.29) is 6.42 Å². The second-order valence-corrected chi connectivity index (χ2v) is 2.47. The minimum absolute atomic E-state index is 0.331. The van der Waals surface area contributed by atoms with Crippen LogP contribution in [-0.2, 0) is 19.1 Å². The third-order valence-electron chi connectivity index (χ3n) is 1.20. The minimum Gasteiger partial charge on any atom is -0.480 e. The molecule has 0 aromatic rings. The van der Waals surface area contributed by atoms with Gasteiger partial charge in [-0.15, -0.1) is 0 Å². The normalized spacial score (nSPS) is 11.8. The molecular formula is C7H11NO5. The first-order valence-electron chi connectivity index (χ1n) is 3.57. The summed E-state index contributed by atoms with van der Waals surface area (Å²) in [7, 11) is 0. The van der Waals surface area contributed by atoms with Crippen LogP contribution in [0.25, 0.3) is 0 Å². The first kappa shape index (κ1) is 11.6. The maximum Gasteiger partial charge on any atom is 0.320 e. The fourth-order valence-electron chi connectivity index (χ4n) is 0.574. The molecule has 0 rings (SSSR count). The van der Waals surface area contributed by atoms with E-state index in [1.165, 1.54) is 0 Å². The summed E-state index contributed by atoms with van der Waals surface area (Å²) in [6, 6.07) is -1.23. The van der Waals surface area contributed by atoms with Crippen LogP contribution in [0, 0.1) is 0 Å². The van der Waals surface area contributed by atoms with E-state index >= 15 is 0 Å². The van der Waals surface area contributed by atoms with Crippen LogP contribution in [0.2, 0.25) is 0 Å². The number of ketones is 1. The van der Waals surface area contributed by atoms with Gasteiger partial charge in [0.2, 0.25) is 0 Å². The van der Waals surface area contributed by atoms with E-state index in [0.717, 1.165) is 6.92 Å². The summed E-state index contributed by atoms with van der Waals surface area (Å²) >= 11 is 0. The van der Waals surface area contributed by atoms with E-state index in [2.05, 4.69) is 4.74 Å². The molecule has 0 saturated carbocycles. The summed E-state index contributed by atoms with van der Waals surface area (Å²) < 4.78 is 4.35. The van der Waals surface area contributed by atoms with Gasteiger partial charge in [0.05, 0.1) is 0 Å². The Bertz CT molecular complexity index is 225. The third kappa shape index (κ3) is 5.80. The predicted octanol–water partition coefficient (Wildman–Crippen LogP) is -1.08. The van der Waals surface area contributed by atoms with Crippen molar-refractivity contribution in [2.45, 2.75) is 19.4 Å². The van der Waals surface area contributed by atoms with Crippen molar-refractivity contribution in [1.82, 2.24) is 0 Å². The molecule has 6 nitrogen and oxygen atoms in total. The summed E-state index contributed by atoms with van der Waals surface area (Å²) in [5, 5.41) is 8.32. The summed E-state index contributed by atoms with van der Waals surface area (Å²) in [5.74, 6) is -2.35. The van der Waals surface area contributed by atoms with Gasteiger partial charge in [-0.3, -0.25) is 14.4 Å². The monoisotopic (exact) mass is 189 g/mol. The largest absolute Gasteiger partial charge is 0.480 e. The Morgan fingerprint density at radius 1 is 1.46 bits per heavy atom. The Hall–Kier alpha value is -1.43. The zero-order valence-electron chi connectivity index (χ0n) is 7.15. The Labute approximate surface area is 74.7 Å². The van der Waals surface area contributed by atoms with Crippen LogP contribution in [0.15, 0.2) is 0 Å². The highest BCUT2D eigenvalue weighted by Gasteiger charge is 2.16. The quantitative estimate of drug-likeness (QED) is 0.533. The molecule has 74 valence electrons. The number of carbonyl (C=O) groups is 3. The van der Waals surface area contributed by atoms with E-state index in [0.29, 0.717) is 0 Å². The molecule has 0 unspecified atom stereocenters. The molecule has 0 spiro atoms. The van der Waals surface area contributed by atoms with Crippen molar-refractivity contribution in [3.05, 3.63) is 0 Å². The number of esters is 1. The molecule has 6 heteroatoms. The molecule has 0 aliphatic heterocycles. The van der Waals surface area contributed by atoms with E-state index in [4.69, 9.17) is 10.8 Å². The Kier molecular flexibility index (Phi) is 4.68. The van der Waals surface area contributed by atoms with Gasteiger partial charge in [-0.05, 0) is 0 Å². The lowest BCUT2D eigenvalue weighted by Gasteiger charge is -2.04. The number of ether oxygens (including phenoxy) is 1. The van der Waals surface area contributed by atoms with Crippen molar-refractivity contribution < 1.29 is 24.2 Å². The van der Waals surface area contributed by atoms with E-state index < -0.39 is 30.4 Å². The van der Waals surface area contributed by atoms with Gasteiger partial charge in [0.15, 0.2) is 5.78 Å². The van der Waals surface area contributed by atoms with Crippen molar-refractivity contribution in [1.29, 1.82) is 0 Å². The number of carboxylic acid groups (broad SMARTS) is 1. The second kappa shape index (κ2) is 5.26. The molecule has 1 atom stereocenters. The van der Waals surface area contributed by atoms with Crippen LogP contribution in [-0.4, -0.2) is 35.5 Å². The first-order valence-corrected chi connectivity index (χ1v) is 3.57. The Balaban J connectivity index is 3.74. The number of carbonyl (C=O) groups excluding carboxylic acids is 2. The Morgan fingerprint density at radius 2 is 2.00 bits per heavy atom. The third-order valence-corrected chi connectivity index (χ3v) is 1.20. The van der Waals surface area contributed by atoms with Gasteiger partial charge in [0.1, 0.15) is 12.6 Å². The van der Waals surface area contributed by atoms with Crippen LogP contribution < -0.4 is 5.73 Å². The number of Topliss-reactive ketones (excluding diaryl/α,β-unsaturated/α-hetero) is 1. The first-order chi connectivity index (χ1) is 5.93. The molecule has 0 aromatic carbocycles. The van der Waals surface area contributed by atoms with Crippen molar-refractivity contribution in [3.63, 3.8) is 0 Å². The van der Waals surface area contributed by atoms with Crippen molar-refractivity contribution in [3.8, 4) is 0 Å². The number of carboxylic acids is 1. The molecule has 0 radical (unpaired) electrons. The van der Waals surface area contributed by atoms with Gasteiger partial charge in [-0.25, -0.2) is 0 Å². The summed E-state index contributed by atoms with van der Waals surface area (Å²) in [4.78, 5) is 31.3. The van der Waals surface area contributed by atoms with Crippen LogP contribution in [0.4, 0.5) is 0 Å². The number of hydrogen-bond donors (Lipinski definition) is 2. The van der Waals surface area contributed by atoms with E-state index in [9.17, 15) is 14.4 Å². The topological polar surface area (TPSA) is 107 Å². The standard InChI is InChI=1S/C7H11NO5/c1-4(9)13-3-5(10)2-6(8)7(11)12/h6H,2-3,8H2,1H3,(H,11,12)/t6-/m0/s1. The number of nitrogens with two attached hydrogens (primary N) is 1. The fourth-order valence-corrected chi connectivity index (χ4v) is 0.574.